The number of rotatable bonds is 4. The third-order valence-electron chi connectivity index (χ3n) is 4.09. The molecule has 0 aliphatic carbocycles. The Balaban J connectivity index is 1.61. The van der Waals surface area contributed by atoms with Crippen molar-refractivity contribution in [1.29, 1.82) is 0 Å². The van der Waals surface area contributed by atoms with E-state index in [1.165, 1.54) is 60.7 Å². The lowest BCUT2D eigenvalue weighted by atomic mass is 10.1. The maximum absolute atomic E-state index is 13.7. The van der Waals surface area contributed by atoms with Gasteiger partial charge in [-0.3, -0.25) is 20.2 Å². The molecule has 0 saturated carbocycles. The van der Waals surface area contributed by atoms with E-state index in [9.17, 15) is 18.4 Å². The molecule has 0 bridgehead atoms. The van der Waals surface area contributed by atoms with E-state index in [2.05, 4.69) is 21.3 Å². The van der Waals surface area contributed by atoms with E-state index in [0.717, 1.165) is 0 Å². The predicted molar refractivity (Wildman–Crippen MR) is 127 cm³/mol. The van der Waals surface area contributed by atoms with E-state index in [4.69, 9.17) is 24.4 Å². The van der Waals surface area contributed by atoms with Crippen molar-refractivity contribution in [3.8, 4) is 0 Å². The molecule has 2 amide bonds. The van der Waals surface area contributed by atoms with Crippen molar-refractivity contribution >= 4 is 57.8 Å². The highest BCUT2D eigenvalue weighted by molar-refractivity contribution is 7.80. The first kappa shape index (κ1) is 22.9. The van der Waals surface area contributed by atoms with Gasteiger partial charge in [-0.1, -0.05) is 30.3 Å². The van der Waals surface area contributed by atoms with Gasteiger partial charge in [0, 0.05) is 11.1 Å². The van der Waals surface area contributed by atoms with Gasteiger partial charge in [-0.2, -0.15) is 0 Å². The summed E-state index contributed by atoms with van der Waals surface area (Å²) in [7, 11) is 0. The Morgan fingerprint density at radius 2 is 1.03 bits per heavy atom. The Kier molecular flexibility index (Phi) is 7.53. The van der Waals surface area contributed by atoms with Crippen LogP contribution in [0.25, 0.3) is 0 Å². The molecule has 3 rings (SSSR count). The predicted octanol–water partition coefficient (Wildman–Crippen LogP) is 4.22. The van der Waals surface area contributed by atoms with Crippen molar-refractivity contribution in [3.63, 3.8) is 0 Å². The van der Waals surface area contributed by atoms with Gasteiger partial charge in [0.25, 0.3) is 11.8 Å². The van der Waals surface area contributed by atoms with Gasteiger partial charge in [0.15, 0.2) is 10.2 Å². The number of nitrogens with one attached hydrogen (secondary N) is 4. The summed E-state index contributed by atoms with van der Waals surface area (Å²) < 4.78 is 27.4. The number of hydrogen-bond acceptors (Lipinski definition) is 4. The first-order chi connectivity index (χ1) is 15.3. The second-order valence-electron chi connectivity index (χ2n) is 6.36. The van der Waals surface area contributed by atoms with Crippen LogP contribution in [0, 0.1) is 11.6 Å². The second-order valence-corrected chi connectivity index (χ2v) is 7.17. The van der Waals surface area contributed by atoms with Gasteiger partial charge in [-0.15, -0.1) is 0 Å². The molecule has 0 atom stereocenters. The topological polar surface area (TPSA) is 82.3 Å². The SMILES string of the molecule is O=C(NC(=S)Nc1ccccc1F)c1cccc(C(=O)NC(=S)Nc2ccccc2F)c1. The monoisotopic (exact) mass is 470 g/mol. The van der Waals surface area contributed by atoms with E-state index in [-0.39, 0.29) is 32.7 Å². The van der Waals surface area contributed by atoms with Gasteiger partial charge in [-0.05, 0) is 66.9 Å². The molecular formula is C22H16F2N4O2S2. The van der Waals surface area contributed by atoms with Crippen LogP contribution in [0.2, 0.25) is 0 Å². The molecule has 4 N–H and O–H groups in total. The maximum Gasteiger partial charge on any atom is 0.257 e. The largest absolute Gasteiger partial charge is 0.330 e. The van der Waals surface area contributed by atoms with Crippen molar-refractivity contribution in [2.45, 2.75) is 0 Å². The van der Waals surface area contributed by atoms with Crippen LogP contribution in [-0.4, -0.2) is 22.0 Å². The van der Waals surface area contributed by atoms with Crippen molar-refractivity contribution in [2.24, 2.45) is 0 Å². The van der Waals surface area contributed by atoms with E-state index in [1.54, 1.807) is 12.1 Å². The van der Waals surface area contributed by atoms with Gasteiger partial charge in [0.1, 0.15) is 11.6 Å². The lowest BCUT2D eigenvalue weighted by Crippen LogP contribution is -2.35. The first-order valence-corrected chi connectivity index (χ1v) is 9.99. The molecule has 162 valence electrons. The van der Waals surface area contributed by atoms with E-state index in [1.807, 2.05) is 0 Å². The zero-order valence-electron chi connectivity index (χ0n) is 16.3. The van der Waals surface area contributed by atoms with Crippen LogP contribution < -0.4 is 21.3 Å². The molecule has 3 aromatic carbocycles. The maximum atomic E-state index is 13.7. The molecule has 0 heterocycles. The molecule has 0 unspecified atom stereocenters. The Morgan fingerprint density at radius 1 is 0.625 bits per heavy atom. The van der Waals surface area contributed by atoms with Crippen LogP contribution in [0.3, 0.4) is 0 Å². The summed E-state index contributed by atoms with van der Waals surface area (Å²) in [5, 5.41) is 9.81. The molecule has 0 aliphatic heterocycles. The summed E-state index contributed by atoms with van der Waals surface area (Å²) in [6.07, 6.45) is 0. The zero-order chi connectivity index (χ0) is 23.1. The molecule has 0 fully saturated rings. The highest BCUT2D eigenvalue weighted by Crippen LogP contribution is 2.13. The van der Waals surface area contributed by atoms with Crippen molar-refractivity contribution < 1.29 is 18.4 Å². The Labute approximate surface area is 193 Å². The number of thiocarbonyl (C=S) groups is 2. The Bertz CT molecular complexity index is 1120. The average molecular weight is 471 g/mol. The van der Waals surface area contributed by atoms with Crippen molar-refractivity contribution in [3.05, 3.63) is 95.6 Å². The summed E-state index contributed by atoms with van der Waals surface area (Å²) in [6.45, 7) is 0. The number of benzene rings is 3. The fourth-order valence-corrected chi connectivity index (χ4v) is 2.99. The van der Waals surface area contributed by atoms with Crippen LogP contribution in [0.15, 0.2) is 72.8 Å². The van der Waals surface area contributed by atoms with Crippen LogP contribution >= 0.6 is 24.4 Å². The fourth-order valence-electron chi connectivity index (χ4n) is 2.58. The molecule has 0 radical (unpaired) electrons. The van der Waals surface area contributed by atoms with E-state index in [0.29, 0.717) is 0 Å². The van der Waals surface area contributed by atoms with Crippen molar-refractivity contribution in [1.82, 2.24) is 10.6 Å². The van der Waals surface area contributed by atoms with Gasteiger partial charge >= 0.3 is 0 Å². The van der Waals surface area contributed by atoms with Gasteiger partial charge < -0.3 is 10.6 Å². The van der Waals surface area contributed by atoms with Crippen LogP contribution in [0.4, 0.5) is 20.2 Å². The molecule has 32 heavy (non-hydrogen) atoms. The molecule has 10 heteroatoms. The summed E-state index contributed by atoms with van der Waals surface area (Å²) in [5.74, 6) is -2.24. The number of carbonyl (C=O) groups excluding carboxylic acids is 2. The lowest BCUT2D eigenvalue weighted by molar-refractivity contribution is 0.0976. The fraction of sp³-hybridized carbons (Fsp3) is 0. The van der Waals surface area contributed by atoms with E-state index >= 15 is 0 Å². The summed E-state index contributed by atoms with van der Waals surface area (Å²) in [5.41, 5.74) is 0.509. The third-order valence-corrected chi connectivity index (χ3v) is 4.49. The van der Waals surface area contributed by atoms with Crippen LogP contribution in [0.5, 0.6) is 0 Å². The molecule has 0 aromatic heterocycles. The number of hydrogen-bond donors (Lipinski definition) is 4. The van der Waals surface area contributed by atoms with Gasteiger partial charge in [-0.25, -0.2) is 8.78 Å². The highest BCUT2D eigenvalue weighted by Gasteiger charge is 2.14. The first-order valence-electron chi connectivity index (χ1n) is 9.17. The van der Waals surface area contributed by atoms with Crippen molar-refractivity contribution in [2.75, 3.05) is 10.6 Å². The lowest BCUT2D eigenvalue weighted by Gasteiger charge is -2.12. The number of para-hydroxylation sites is 2. The Hall–Kier alpha value is -3.76. The molecule has 6 nitrogen and oxygen atoms in total. The van der Waals surface area contributed by atoms with Gasteiger partial charge in [0.2, 0.25) is 0 Å². The van der Waals surface area contributed by atoms with Gasteiger partial charge in [0.05, 0.1) is 11.4 Å². The third kappa shape index (κ3) is 6.13. The molecule has 0 spiro atoms. The zero-order valence-corrected chi connectivity index (χ0v) is 18.0. The molecule has 0 saturated heterocycles. The minimum absolute atomic E-state index is 0.106. The molecular weight excluding hydrogens is 454 g/mol. The van der Waals surface area contributed by atoms with Crippen LogP contribution in [0.1, 0.15) is 20.7 Å². The average Bonchev–Trinajstić information content (AvgIpc) is 2.77. The smallest absolute Gasteiger partial charge is 0.257 e. The quantitative estimate of drug-likeness (QED) is 0.428. The van der Waals surface area contributed by atoms with E-state index < -0.39 is 23.4 Å². The second kappa shape index (κ2) is 10.5. The minimum Gasteiger partial charge on any atom is -0.330 e. The number of anilines is 2. The van der Waals surface area contributed by atoms with Crippen LogP contribution in [-0.2, 0) is 0 Å². The molecule has 0 aliphatic rings. The summed E-state index contributed by atoms with van der Waals surface area (Å²) >= 11 is 10.1. The normalized spacial score (nSPS) is 10.1. The minimum atomic E-state index is -0.597. The number of halogens is 2. The standard InChI is InChI=1S/C22H16F2N4O2S2/c23-15-8-1-3-10-17(15)25-21(31)27-19(29)13-6-5-7-14(12-13)20(30)28-22(32)26-18-11-4-2-9-16(18)24/h1-12H,(H2,25,27,29,31)(H2,26,28,30,32). The number of carbonyl (C=O) groups is 2. The summed E-state index contributed by atoms with van der Waals surface area (Å²) in [6, 6.07) is 17.5. The Morgan fingerprint density at radius 3 is 1.44 bits per heavy atom. The molecule has 3 aromatic rings. The highest BCUT2D eigenvalue weighted by atomic mass is 32.1. The number of amides is 2. The summed E-state index contributed by atoms with van der Waals surface area (Å²) in [4.78, 5) is 24.9.